The van der Waals surface area contributed by atoms with E-state index >= 15 is 0 Å². The zero-order valence-corrected chi connectivity index (χ0v) is 9.96. The zero-order chi connectivity index (χ0) is 12.1. The Kier molecular flexibility index (Phi) is 4.95. The maximum atomic E-state index is 9.08. The van der Waals surface area contributed by atoms with E-state index in [4.69, 9.17) is 44.5 Å². The van der Waals surface area contributed by atoms with Crippen LogP contribution in [0.25, 0.3) is 0 Å². The van der Waals surface area contributed by atoms with Gasteiger partial charge in [-0.15, -0.1) is 0 Å². The summed E-state index contributed by atoms with van der Waals surface area (Å²) in [6.07, 6.45) is -0.908. The Morgan fingerprint density at radius 1 is 1.56 bits per heavy atom. The summed E-state index contributed by atoms with van der Waals surface area (Å²) in [5.41, 5.74) is 6.02. The third-order valence-electron chi connectivity index (χ3n) is 1.86. The van der Waals surface area contributed by atoms with Gasteiger partial charge in [-0.1, -0.05) is 23.8 Å². The van der Waals surface area contributed by atoms with E-state index in [2.05, 4.69) is 0 Å². The van der Waals surface area contributed by atoms with Crippen molar-refractivity contribution in [2.45, 2.75) is 6.10 Å². The second-order valence-corrected chi connectivity index (χ2v) is 4.00. The molecular formula is C10H12ClNO3S. The number of hydrogen-bond donors (Lipinski definition) is 3. The minimum Gasteiger partial charge on any atom is -0.491 e. The van der Waals surface area contributed by atoms with Crippen LogP contribution in [0.2, 0.25) is 5.02 Å². The van der Waals surface area contributed by atoms with Crippen molar-refractivity contribution in [2.24, 2.45) is 5.73 Å². The summed E-state index contributed by atoms with van der Waals surface area (Å²) >= 11 is 10.7. The second-order valence-electron chi connectivity index (χ2n) is 3.15. The number of halogens is 1. The van der Waals surface area contributed by atoms with Crippen molar-refractivity contribution in [3.63, 3.8) is 0 Å². The Labute approximate surface area is 104 Å². The van der Waals surface area contributed by atoms with E-state index in [-0.39, 0.29) is 18.2 Å². The third-order valence-corrected chi connectivity index (χ3v) is 2.39. The van der Waals surface area contributed by atoms with Crippen LogP contribution in [0.3, 0.4) is 0 Å². The smallest absolute Gasteiger partial charge is 0.120 e. The highest BCUT2D eigenvalue weighted by molar-refractivity contribution is 7.80. The van der Waals surface area contributed by atoms with Crippen LogP contribution in [0.5, 0.6) is 5.75 Å². The first-order valence-corrected chi connectivity index (χ1v) is 5.34. The van der Waals surface area contributed by atoms with E-state index in [1.807, 2.05) is 0 Å². The van der Waals surface area contributed by atoms with E-state index in [0.717, 1.165) is 0 Å². The Bertz CT molecular complexity index is 386. The lowest BCUT2D eigenvalue weighted by Crippen LogP contribution is -2.21. The molecule has 4 N–H and O–H groups in total. The van der Waals surface area contributed by atoms with Gasteiger partial charge in [-0.2, -0.15) is 0 Å². The van der Waals surface area contributed by atoms with Gasteiger partial charge >= 0.3 is 0 Å². The normalized spacial score (nSPS) is 12.2. The van der Waals surface area contributed by atoms with E-state index in [1.165, 1.54) is 0 Å². The molecule has 4 nitrogen and oxygen atoms in total. The summed E-state index contributed by atoms with van der Waals surface area (Å²) in [6, 6.07) is 4.84. The maximum Gasteiger partial charge on any atom is 0.120 e. The number of aliphatic hydroxyl groups is 2. The Hall–Kier alpha value is -0.880. The summed E-state index contributed by atoms with van der Waals surface area (Å²) < 4.78 is 5.20. The number of aliphatic hydroxyl groups excluding tert-OH is 2. The molecule has 0 bridgehead atoms. The molecule has 16 heavy (non-hydrogen) atoms. The first kappa shape index (κ1) is 13.2. The van der Waals surface area contributed by atoms with Crippen molar-refractivity contribution in [2.75, 3.05) is 13.2 Å². The molecular weight excluding hydrogens is 250 g/mol. The van der Waals surface area contributed by atoms with E-state index in [9.17, 15) is 0 Å². The lowest BCUT2D eigenvalue weighted by molar-refractivity contribution is 0.0536. The monoisotopic (exact) mass is 261 g/mol. The van der Waals surface area contributed by atoms with Crippen LogP contribution in [-0.2, 0) is 0 Å². The molecule has 1 aromatic rings. The summed E-state index contributed by atoms with van der Waals surface area (Å²) in [7, 11) is 0. The predicted molar refractivity (Wildman–Crippen MR) is 65.9 cm³/mol. The molecule has 0 radical (unpaired) electrons. The summed E-state index contributed by atoms with van der Waals surface area (Å²) in [5, 5.41) is 18.1. The van der Waals surface area contributed by atoms with Gasteiger partial charge in [-0.25, -0.2) is 0 Å². The molecule has 6 heteroatoms. The summed E-state index contributed by atoms with van der Waals surface area (Å²) in [4.78, 5) is 0.215. The van der Waals surface area contributed by atoms with Crippen LogP contribution < -0.4 is 10.5 Å². The molecule has 1 aromatic carbocycles. The van der Waals surface area contributed by atoms with Gasteiger partial charge in [-0.3, -0.25) is 0 Å². The fraction of sp³-hybridized carbons (Fsp3) is 0.300. The molecule has 1 unspecified atom stereocenters. The fourth-order valence-corrected chi connectivity index (χ4v) is 1.54. The Morgan fingerprint density at radius 3 is 2.75 bits per heavy atom. The third kappa shape index (κ3) is 3.61. The van der Waals surface area contributed by atoms with Gasteiger partial charge in [0.25, 0.3) is 0 Å². The van der Waals surface area contributed by atoms with Crippen molar-refractivity contribution < 1.29 is 14.9 Å². The van der Waals surface area contributed by atoms with Crippen molar-refractivity contribution in [1.82, 2.24) is 0 Å². The van der Waals surface area contributed by atoms with Gasteiger partial charge in [0.1, 0.15) is 23.4 Å². The minimum absolute atomic E-state index is 0.000747. The zero-order valence-electron chi connectivity index (χ0n) is 8.39. The van der Waals surface area contributed by atoms with Crippen molar-refractivity contribution in [3.05, 3.63) is 28.8 Å². The van der Waals surface area contributed by atoms with Gasteiger partial charge in [0.2, 0.25) is 0 Å². The van der Waals surface area contributed by atoms with Crippen LogP contribution in [-0.4, -0.2) is 34.5 Å². The number of nitrogens with two attached hydrogens (primary N) is 1. The molecule has 0 amide bonds. The predicted octanol–water partition coefficient (Wildman–Crippen LogP) is 0.706. The average molecular weight is 262 g/mol. The van der Waals surface area contributed by atoms with Gasteiger partial charge < -0.3 is 20.7 Å². The molecule has 88 valence electrons. The van der Waals surface area contributed by atoms with Crippen LogP contribution in [0.15, 0.2) is 18.2 Å². The lowest BCUT2D eigenvalue weighted by Gasteiger charge is -2.11. The highest BCUT2D eigenvalue weighted by Gasteiger charge is 2.07. The molecule has 0 heterocycles. The molecule has 0 aliphatic heterocycles. The van der Waals surface area contributed by atoms with Crippen LogP contribution in [0.1, 0.15) is 5.56 Å². The molecule has 0 saturated carbocycles. The highest BCUT2D eigenvalue weighted by atomic mass is 35.5. The van der Waals surface area contributed by atoms with Gasteiger partial charge in [0.05, 0.1) is 11.6 Å². The SMILES string of the molecule is NC(=S)c1ccc(OCC(O)CO)cc1Cl. The summed E-state index contributed by atoms with van der Waals surface area (Å²) in [5.74, 6) is 0.484. The first-order chi connectivity index (χ1) is 7.54. The highest BCUT2D eigenvalue weighted by Crippen LogP contribution is 2.22. The fourth-order valence-electron chi connectivity index (χ4n) is 1.03. The average Bonchev–Trinajstić information content (AvgIpc) is 2.25. The number of thiocarbonyl (C=S) groups is 1. The van der Waals surface area contributed by atoms with Crippen LogP contribution >= 0.6 is 23.8 Å². The number of benzene rings is 1. The molecule has 0 fully saturated rings. The second kappa shape index (κ2) is 6.00. The topological polar surface area (TPSA) is 75.7 Å². The summed E-state index contributed by atoms with van der Waals surface area (Å²) in [6.45, 7) is -0.349. The van der Waals surface area contributed by atoms with E-state index in [0.29, 0.717) is 16.3 Å². The van der Waals surface area contributed by atoms with Crippen LogP contribution in [0, 0.1) is 0 Å². The molecule has 0 spiro atoms. The Morgan fingerprint density at radius 2 is 2.25 bits per heavy atom. The maximum absolute atomic E-state index is 9.08. The lowest BCUT2D eigenvalue weighted by atomic mass is 10.2. The van der Waals surface area contributed by atoms with E-state index in [1.54, 1.807) is 18.2 Å². The van der Waals surface area contributed by atoms with Gasteiger partial charge in [0.15, 0.2) is 0 Å². The molecule has 0 aliphatic rings. The molecule has 1 rings (SSSR count). The largest absolute Gasteiger partial charge is 0.491 e. The van der Waals surface area contributed by atoms with E-state index < -0.39 is 6.10 Å². The molecule has 0 saturated heterocycles. The van der Waals surface area contributed by atoms with Crippen molar-refractivity contribution >= 4 is 28.8 Å². The number of ether oxygens (including phenoxy) is 1. The van der Waals surface area contributed by atoms with Gasteiger partial charge in [-0.05, 0) is 18.2 Å². The van der Waals surface area contributed by atoms with Crippen molar-refractivity contribution in [3.8, 4) is 5.75 Å². The quantitative estimate of drug-likeness (QED) is 0.681. The molecule has 0 aromatic heterocycles. The molecule has 0 aliphatic carbocycles. The van der Waals surface area contributed by atoms with Crippen molar-refractivity contribution in [1.29, 1.82) is 0 Å². The minimum atomic E-state index is -0.908. The molecule has 1 atom stereocenters. The van der Waals surface area contributed by atoms with Crippen LogP contribution in [0.4, 0.5) is 0 Å². The Balaban J connectivity index is 2.70. The number of rotatable bonds is 5. The number of hydrogen-bond acceptors (Lipinski definition) is 4. The standard InChI is InChI=1S/C10H12ClNO3S/c11-9-3-7(15-5-6(14)4-13)1-2-8(9)10(12)16/h1-3,6,13-14H,4-5H2,(H2,12,16). The first-order valence-electron chi connectivity index (χ1n) is 4.55. The van der Waals surface area contributed by atoms with Gasteiger partial charge in [0, 0.05) is 5.56 Å².